The van der Waals surface area contributed by atoms with Crippen molar-refractivity contribution in [3.63, 3.8) is 0 Å². The number of amides is 2. The highest BCUT2D eigenvalue weighted by atomic mass is 19.4. The van der Waals surface area contributed by atoms with E-state index in [9.17, 15) is 27.2 Å². The maximum atomic E-state index is 13.1. The summed E-state index contributed by atoms with van der Waals surface area (Å²) >= 11 is 0. The van der Waals surface area contributed by atoms with E-state index in [-0.39, 0.29) is 17.0 Å². The van der Waals surface area contributed by atoms with E-state index in [1.807, 2.05) is 0 Å². The van der Waals surface area contributed by atoms with Crippen LogP contribution in [0.15, 0.2) is 53.6 Å². The zero-order valence-corrected chi connectivity index (χ0v) is 13.4. The molecule has 2 aromatic carbocycles. The van der Waals surface area contributed by atoms with Crippen molar-refractivity contribution in [2.45, 2.75) is 13.1 Å². The van der Waals surface area contributed by atoms with Gasteiger partial charge in [0.05, 0.1) is 5.71 Å². The summed E-state index contributed by atoms with van der Waals surface area (Å²) in [6.45, 7) is 1.51. The fraction of sp³-hybridized carbons (Fsp3) is 0.118. The molecule has 0 bridgehead atoms. The van der Waals surface area contributed by atoms with Crippen molar-refractivity contribution in [2.75, 3.05) is 5.32 Å². The summed E-state index contributed by atoms with van der Waals surface area (Å²) < 4.78 is 49.9. The number of carbonyl (C=O) groups excluding carboxylic acids is 2. The largest absolute Gasteiger partial charge is 0.471 e. The number of nitrogens with one attached hydrogen (secondary N) is 2. The zero-order chi connectivity index (χ0) is 19.3. The first-order chi connectivity index (χ1) is 12.2. The van der Waals surface area contributed by atoms with Crippen molar-refractivity contribution in [1.82, 2.24) is 5.43 Å². The molecule has 0 heterocycles. The van der Waals surface area contributed by atoms with Crippen LogP contribution in [0.2, 0.25) is 0 Å². The first kappa shape index (κ1) is 19.1. The molecule has 0 atom stereocenters. The summed E-state index contributed by atoms with van der Waals surface area (Å²) in [5, 5.41) is 5.56. The van der Waals surface area contributed by atoms with Gasteiger partial charge in [-0.25, -0.2) is 9.82 Å². The number of nitrogens with zero attached hydrogens (tertiary/aromatic N) is 1. The maximum Gasteiger partial charge on any atom is 0.471 e. The maximum absolute atomic E-state index is 13.1. The monoisotopic (exact) mass is 367 g/mol. The van der Waals surface area contributed by atoms with Gasteiger partial charge >= 0.3 is 12.1 Å². The second-order valence-electron chi connectivity index (χ2n) is 5.18. The van der Waals surface area contributed by atoms with Crippen molar-refractivity contribution in [1.29, 1.82) is 0 Å². The van der Waals surface area contributed by atoms with E-state index in [1.54, 1.807) is 5.32 Å². The molecule has 0 saturated carbocycles. The Balaban J connectivity index is 2.10. The van der Waals surface area contributed by atoms with Crippen molar-refractivity contribution in [3.8, 4) is 0 Å². The minimum Gasteiger partial charge on any atom is -0.318 e. The van der Waals surface area contributed by atoms with Gasteiger partial charge in [-0.1, -0.05) is 18.2 Å². The fourth-order valence-corrected chi connectivity index (χ4v) is 1.92. The van der Waals surface area contributed by atoms with Crippen LogP contribution in [-0.4, -0.2) is 23.7 Å². The molecule has 9 heteroatoms. The van der Waals surface area contributed by atoms with E-state index in [2.05, 4.69) is 10.5 Å². The van der Waals surface area contributed by atoms with Crippen LogP contribution < -0.4 is 10.7 Å². The standard InChI is InChI=1S/C17H13F4N3O2/c1-10(23-24-15(25)12-5-2-6-13(18)8-12)11-4-3-7-14(9-11)22-16(26)17(19,20)21/h2-9H,1H3,(H,22,26)(H,24,25)/b23-10+. The average molecular weight is 367 g/mol. The molecule has 0 aliphatic carbocycles. The van der Waals surface area contributed by atoms with Gasteiger partial charge in [-0.2, -0.15) is 18.3 Å². The minimum absolute atomic E-state index is 0.0627. The Kier molecular flexibility index (Phi) is 5.71. The number of hydrogen-bond donors (Lipinski definition) is 2. The highest BCUT2D eigenvalue weighted by molar-refractivity contribution is 6.02. The molecule has 0 radical (unpaired) electrons. The molecule has 2 aromatic rings. The molecule has 0 aromatic heterocycles. The lowest BCUT2D eigenvalue weighted by Crippen LogP contribution is -2.29. The molecule has 2 amide bonds. The number of anilines is 1. The number of carbonyl (C=O) groups is 2. The van der Waals surface area contributed by atoms with E-state index in [0.717, 1.165) is 6.07 Å². The molecule has 5 nitrogen and oxygen atoms in total. The Labute approximate surface area is 145 Å². The van der Waals surface area contributed by atoms with E-state index in [4.69, 9.17) is 0 Å². The lowest BCUT2D eigenvalue weighted by Gasteiger charge is -2.09. The van der Waals surface area contributed by atoms with Crippen LogP contribution in [0.4, 0.5) is 23.2 Å². The molecule has 0 aliphatic rings. The Hall–Kier alpha value is -3.23. The summed E-state index contributed by atoms with van der Waals surface area (Å²) in [6.07, 6.45) is -5.00. The quantitative estimate of drug-likeness (QED) is 0.493. The first-order valence-electron chi connectivity index (χ1n) is 7.25. The topological polar surface area (TPSA) is 70.6 Å². The van der Waals surface area contributed by atoms with Crippen LogP contribution in [0.5, 0.6) is 0 Å². The van der Waals surface area contributed by atoms with Gasteiger partial charge in [0.1, 0.15) is 5.82 Å². The second kappa shape index (κ2) is 7.77. The van der Waals surface area contributed by atoms with Crippen molar-refractivity contribution < 1.29 is 27.2 Å². The first-order valence-corrected chi connectivity index (χ1v) is 7.25. The zero-order valence-electron chi connectivity index (χ0n) is 13.4. The molecule has 136 valence electrons. The Bertz CT molecular complexity index is 863. The van der Waals surface area contributed by atoms with Crippen LogP contribution in [-0.2, 0) is 4.79 Å². The molecular formula is C17H13F4N3O2. The fourth-order valence-electron chi connectivity index (χ4n) is 1.92. The number of rotatable bonds is 4. The molecule has 0 unspecified atom stereocenters. The molecular weight excluding hydrogens is 354 g/mol. The highest BCUT2D eigenvalue weighted by Crippen LogP contribution is 2.19. The molecule has 0 aliphatic heterocycles. The van der Waals surface area contributed by atoms with Crippen molar-refractivity contribution >= 4 is 23.2 Å². The molecule has 0 saturated heterocycles. The highest BCUT2D eigenvalue weighted by Gasteiger charge is 2.38. The normalized spacial score (nSPS) is 11.8. The summed E-state index contributed by atoms with van der Waals surface area (Å²) in [4.78, 5) is 22.8. The van der Waals surface area contributed by atoms with Gasteiger partial charge in [0.25, 0.3) is 5.91 Å². The number of benzene rings is 2. The van der Waals surface area contributed by atoms with Gasteiger partial charge in [0.15, 0.2) is 0 Å². The smallest absolute Gasteiger partial charge is 0.318 e. The predicted octanol–water partition coefficient (Wildman–Crippen LogP) is 3.48. The van der Waals surface area contributed by atoms with Gasteiger partial charge in [-0.05, 0) is 42.8 Å². The third-order valence-electron chi connectivity index (χ3n) is 3.21. The Morgan fingerprint density at radius 3 is 2.31 bits per heavy atom. The van der Waals surface area contributed by atoms with Gasteiger partial charge in [-0.15, -0.1) is 0 Å². The van der Waals surface area contributed by atoms with Crippen LogP contribution in [0.3, 0.4) is 0 Å². The van der Waals surface area contributed by atoms with E-state index < -0.39 is 23.8 Å². The summed E-state index contributed by atoms with van der Waals surface area (Å²) in [5.74, 6) is -3.32. The van der Waals surface area contributed by atoms with Crippen LogP contribution in [0.1, 0.15) is 22.8 Å². The summed E-state index contributed by atoms with van der Waals surface area (Å²) in [6, 6.07) is 10.5. The van der Waals surface area contributed by atoms with Crippen molar-refractivity contribution in [3.05, 3.63) is 65.5 Å². The Morgan fingerprint density at radius 2 is 1.65 bits per heavy atom. The van der Waals surface area contributed by atoms with Crippen LogP contribution in [0.25, 0.3) is 0 Å². The van der Waals surface area contributed by atoms with Crippen LogP contribution in [0, 0.1) is 5.82 Å². The number of hydrogen-bond acceptors (Lipinski definition) is 3. The summed E-state index contributed by atoms with van der Waals surface area (Å²) in [5.41, 5.74) is 2.87. The molecule has 0 fully saturated rings. The minimum atomic E-state index is -5.00. The van der Waals surface area contributed by atoms with Gasteiger partial charge in [0, 0.05) is 11.3 Å². The van der Waals surface area contributed by atoms with Gasteiger partial charge in [0.2, 0.25) is 0 Å². The second-order valence-corrected chi connectivity index (χ2v) is 5.18. The lowest BCUT2D eigenvalue weighted by atomic mass is 10.1. The van der Waals surface area contributed by atoms with Gasteiger partial charge in [-0.3, -0.25) is 9.59 Å². The van der Waals surface area contributed by atoms with Crippen LogP contribution >= 0.6 is 0 Å². The number of alkyl halides is 3. The number of hydrazone groups is 1. The third kappa shape index (κ3) is 5.13. The van der Waals surface area contributed by atoms with E-state index >= 15 is 0 Å². The SMILES string of the molecule is C/C(=N\NC(=O)c1cccc(F)c1)c1cccc(NC(=O)C(F)(F)F)c1. The molecule has 2 N–H and O–H groups in total. The molecule has 26 heavy (non-hydrogen) atoms. The van der Waals surface area contributed by atoms with Crippen molar-refractivity contribution in [2.24, 2.45) is 5.10 Å². The average Bonchev–Trinajstić information content (AvgIpc) is 2.58. The van der Waals surface area contributed by atoms with E-state index in [0.29, 0.717) is 5.56 Å². The predicted molar refractivity (Wildman–Crippen MR) is 87.2 cm³/mol. The third-order valence-corrected chi connectivity index (χ3v) is 3.21. The summed E-state index contributed by atoms with van der Waals surface area (Å²) in [7, 11) is 0. The molecule has 2 rings (SSSR count). The van der Waals surface area contributed by atoms with Gasteiger partial charge < -0.3 is 5.32 Å². The molecule has 0 spiro atoms. The number of halogens is 4. The lowest BCUT2D eigenvalue weighted by molar-refractivity contribution is -0.167. The Morgan fingerprint density at radius 1 is 1.00 bits per heavy atom. The van der Waals surface area contributed by atoms with E-state index in [1.165, 1.54) is 49.4 Å².